The summed E-state index contributed by atoms with van der Waals surface area (Å²) in [5, 5.41) is -1.25. The Labute approximate surface area is 93.0 Å². The third-order valence-corrected chi connectivity index (χ3v) is 2.23. The molecule has 0 spiro atoms. The van der Waals surface area contributed by atoms with Gasteiger partial charge in [-0.1, -0.05) is 12.1 Å². The van der Waals surface area contributed by atoms with E-state index >= 15 is 0 Å². The molecule has 1 rings (SSSR count). The lowest BCUT2D eigenvalue weighted by atomic mass is 10.1. The number of halogens is 3. The van der Waals surface area contributed by atoms with Gasteiger partial charge in [-0.3, -0.25) is 0 Å². The molecule has 84 valence electrons. The van der Waals surface area contributed by atoms with Crippen molar-refractivity contribution in [3.63, 3.8) is 0 Å². The highest BCUT2D eigenvalue weighted by atomic mass is 35.5. The van der Waals surface area contributed by atoms with Crippen molar-refractivity contribution < 1.29 is 13.5 Å². The van der Waals surface area contributed by atoms with Crippen LogP contribution in [0.3, 0.4) is 0 Å². The zero-order chi connectivity index (χ0) is 11.4. The Bertz CT molecular complexity index is 298. The molecule has 1 atom stereocenters. The molecule has 0 fully saturated rings. The van der Waals surface area contributed by atoms with Crippen molar-refractivity contribution in [1.29, 1.82) is 0 Å². The number of benzene rings is 1. The maximum Gasteiger partial charge on any atom is 0.258 e. The highest BCUT2D eigenvalue weighted by Crippen LogP contribution is 2.28. The molecule has 4 heteroatoms. The van der Waals surface area contributed by atoms with Crippen LogP contribution in [-0.2, 0) is 0 Å². The second kappa shape index (κ2) is 5.31. The topological polar surface area (TPSA) is 9.23 Å². The van der Waals surface area contributed by atoms with Crippen molar-refractivity contribution in [2.75, 3.05) is 0 Å². The van der Waals surface area contributed by atoms with Crippen LogP contribution in [0.15, 0.2) is 24.3 Å². The summed E-state index contributed by atoms with van der Waals surface area (Å²) < 4.78 is 29.9. The van der Waals surface area contributed by atoms with Crippen molar-refractivity contribution in [3.8, 4) is 5.75 Å². The van der Waals surface area contributed by atoms with Crippen molar-refractivity contribution in [2.24, 2.45) is 0 Å². The standard InChI is InChI=1S/C11H13ClF2O/c1-7(2)15-9-5-3-8(4-6-9)10(12)11(13)14/h3-7,10-11H,1-2H3. The van der Waals surface area contributed by atoms with Crippen molar-refractivity contribution in [3.05, 3.63) is 29.8 Å². The largest absolute Gasteiger partial charge is 0.491 e. The van der Waals surface area contributed by atoms with Gasteiger partial charge in [0.05, 0.1) is 6.10 Å². The third kappa shape index (κ3) is 3.67. The molecule has 0 bridgehead atoms. The molecule has 0 aliphatic heterocycles. The van der Waals surface area contributed by atoms with E-state index in [4.69, 9.17) is 16.3 Å². The first-order chi connectivity index (χ1) is 7.00. The summed E-state index contributed by atoms with van der Waals surface area (Å²) in [5.74, 6) is 0.659. The molecule has 0 aliphatic carbocycles. The first-order valence-electron chi connectivity index (χ1n) is 4.69. The molecule has 1 aromatic rings. The van der Waals surface area contributed by atoms with E-state index in [1.165, 1.54) is 0 Å². The van der Waals surface area contributed by atoms with E-state index in [-0.39, 0.29) is 6.10 Å². The quantitative estimate of drug-likeness (QED) is 0.715. The second-order valence-corrected chi connectivity index (χ2v) is 3.94. The molecule has 1 aromatic carbocycles. The fourth-order valence-electron chi connectivity index (χ4n) is 1.15. The average Bonchev–Trinajstić information content (AvgIpc) is 2.17. The van der Waals surface area contributed by atoms with Gasteiger partial charge in [0.25, 0.3) is 6.43 Å². The third-order valence-electron chi connectivity index (χ3n) is 1.79. The van der Waals surface area contributed by atoms with Crippen LogP contribution in [-0.4, -0.2) is 12.5 Å². The summed E-state index contributed by atoms with van der Waals surface area (Å²) in [6.45, 7) is 3.80. The van der Waals surface area contributed by atoms with Gasteiger partial charge in [-0.2, -0.15) is 0 Å². The van der Waals surface area contributed by atoms with E-state index in [1.807, 2.05) is 13.8 Å². The van der Waals surface area contributed by atoms with Crippen molar-refractivity contribution in [2.45, 2.75) is 31.8 Å². The lowest BCUT2D eigenvalue weighted by Gasteiger charge is -2.12. The van der Waals surface area contributed by atoms with Crippen LogP contribution in [0.25, 0.3) is 0 Å². The van der Waals surface area contributed by atoms with Gasteiger partial charge in [0, 0.05) is 0 Å². The zero-order valence-corrected chi connectivity index (χ0v) is 9.34. The summed E-state index contributed by atoms with van der Waals surface area (Å²) in [7, 11) is 0. The van der Waals surface area contributed by atoms with Crippen LogP contribution in [0.2, 0.25) is 0 Å². The van der Waals surface area contributed by atoms with E-state index in [2.05, 4.69) is 0 Å². The Morgan fingerprint density at radius 3 is 2.07 bits per heavy atom. The number of ether oxygens (including phenoxy) is 1. The van der Waals surface area contributed by atoms with Crippen LogP contribution in [0, 0.1) is 0 Å². The number of hydrogen-bond acceptors (Lipinski definition) is 1. The molecular formula is C11H13ClF2O. The van der Waals surface area contributed by atoms with Gasteiger partial charge >= 0.3 is 0 Å². The molecule has 0 aliphatic rings. The van der Waals surface area contributed by atoms with Crippen molar-refractivity contribution in [1.82, 2.24) is 0 Å². The Kier molecular flexibility index (Phi) is 4.33. The number of hydrogen-bond donors (Lipinski definition) is 0. The van der Waals surface area contributed by atoms with Gasteiger partial charge in [0.2, 0.25) is 0 Å². The van der Waals surface area contributed by atoms with Crippen LogP contribution in [0.5, 0.6) is 5.75 Å². The average molecular weight is 235 g/mol. The van der Waals surface area contributed by atoms with Gasteiger partial charge in [0.1, 0.15) is 11.1 Å². The molecule has 0 radical (unpaired) electrons. The van der Waals surface area contributed by atoms with E-state index in [9.17, 15) is 8.78 Å². The number of alkyl halides is 3. The smallest absolute Gasteiger partial charge is 0.258 e. The van der Waals surface area contributed by atoms with Crippen LogP contribution in [0.1, 0.15) is 24.8 Å². The molecule has 0 heterocycles. The summed E-state index contributed by atoms with van der Waals surface area (Å²) in [6, 6.07) is 6.41. The van der Waals surface area contributed by atoms with Gasteiger partial charge in [-0.15, -0.1) is 11.6 Å². The summed E-state index contributed by atoms with van der Waals surface area (Å²) >= 11 is 5.51. The minimum Gasteiger partial charge on any atom is -0.491 e. The Hall–Kier alpha value is -0.830. The molecular weight excluding hydrogens is 222 g/mol. The zero-order valence-electron chi connectivity index (χ0n) is 8.58. The fraction of sp³-hybridized carbons (Fsp3) is 0.455. The lowest BCUT2D eigenvalue weighted by molar-refractivity contribution is 0.143. The first kappa shape index (κ1) is 12.2. The predicted molar refractivity (Wildman–Crippen MR) is 56.8 cm³/mol. The molecule has 1 unspecified atom stereocenters. The van der Waals surface area contributed by atoms with E-state index < -0.39 is 11.8 Å². The minimum atomic E-state index is -2.55. The molecule has 15 heavy (non-hydrogen) atoms. The van der Waals surface area contributed by atoms with E-state index in [0.717, 1.165) is 0 Å². The monoisotopic (exact) mass is 234 g/mol. The van der Waals surface area contributed by atoms with Crippen LogP contribution in [0.4, 0.5) is 8.78 Å². The van der Waals surface area contributed by atoms with Crippen LogP contribution < -0.4 is 4.74 Å². The summed E-state index contributed by atoms with van der Waals surface area (Å²) in [4.78, 5) is 0. The minimum absolute atomic E-state index is 0.0674. The maximum atomic E-state index is 12.3. The molecule has 0 aromatic heterocycles. The maximum absolute atomic E-state index is 12.3. The Morgan fingerprint density at radius 2 is 1.67 bits per heavy atom. The SMILES string of the molecule is CC(C)Oc1ccc(C(Cl)C(F)F)cc1. The highest BCUT2D eigenvalue weighted by molar-refractivity contribution is 6.21. The molecule has 0 saturated heterocycles. The molecule has 1 nitrogen and oxygen atoms in total. The summed E-state index contributed by atoms with van der Waals surface area (Å²) in [5.41, 5.74) is 0.405. The fourth-order valence-corrected chi connectivity index (χ4v) is 1.29. The Morgan fingerprint density at radius 1 is 1.13 bits per heavy atom. The number of rotatable bonds is 4. The van der Waals surface area contributed by atoms with Gasteiger partial charge in [-0.05, 0) is 31.5 Å². The molecule has 0 saturated carbocycles. The predicted octanol–water partition coefficient (Wildman–Crippen LogP) is 4.02. The second-order valence-electron chi connectivity index (χ2n) is 3.47. The summed E-state index contributed by atoms with van der Waals surface area (Å²) in [6.07, 6.45) is -2.48. The molecule has 0 amide bonds. The van der Waals surface area contributed by atoms with E-state index in [0.29, 0.717) is 11.3 Å². The molecule has 0 N–H and O–H groups in total. The van der Waals surface area contributed by atoms with E-state index in [1.54, 1.807) is 24.3 Å². The van der Waals surface area contributed by atoms with Crippen molar-refractivity contribution >= 4 is 11.6 Å². The first-order valence-corrected chi connectivity index (χ1v) is 5.13. The van der Waals surface area contributed by atoms with Gasteiger partial charge < -0.3 is 4.74 Å². The highest BCUT2D eigenvalue weighted by Gasteiger charge is 2.18. The van der Waals surface area contributed by atoms with Gasteiger partial charge in [0.15, 0.2) is 0 Å². The van der Waals surface area contributed by atoms with Gasteiger partial charge in [-0.25, -0.2) is 8.78 Å². The normalized spacial score (nSPS) is 13.3. The van der Waals surface area contributed by atoms with Crippen LogP contribution >= 0.6 is 11.6 Å². The lowest BCUT2D eigenvalue weighted by Crippen LogP contribution is -2.06. The Balaban J connectivity index is 2.72.